The highest BCUT2D eigenvalue weighted by Gasteiger charge is 2.17. The molecule has 0 amide bonds. The van der Waals surface area contributed by atoms with Gasteiger partial charge in [-0.3, -0.25) is 4.79 Å². The van der Waals surface area contributed by atoms with Crippen molar-refractivity contribution in [2.75, 3.05) is 6.61 Å². The Morgan fingerprint density at radius 2 is 2.16 bits per heavy atom. The van der Waals surface area contributed by atoms with Crippen molar-refractivity contribution < 1.29 is 13.9 Å². The Balaban J connectivity index is 2.04. The first kappa shape index (κ1) is 13.3. The van der Waals surface area contributed by atoms with Gasteiger partial charge < -0.3 is 14.9 Å². The van der Waals surface area contributed by atoms with E-state index in [1.807, 2.05) is 30.3 Å². The van der Waals surface area contributed by atoms with Gasteiger partial charge in [-0.05, 0) is 19.1 Å². The van der Waals surface area contributed by atoms with Crippen LogP contribution >= 0.6 is 0 Å². The molecule has 1 heterocycles. The first-order chi connectivity index (χ1) is 9.20. The number of ether oxygens (including phenoxy) is 1. The molecule has 1 atom stereocenters. The van der Waals surface area contributed by atoms with Gasteiger partial charge in [0.2, 0.25) is 5.89 Å². The maximum Gasteiger partial charge on any atom is 0.323 e. The van der Waals surface area contributed by atoms with Gasteiger partial charge in [0, 0.05) is 12.0 Å². The molecule has 0 radical (unpaired) electrons. The third-order valence-electron chi connectivity index (χ3n) is 2.58. The summed E-state index contributed by atoms with van der Waals surface area (Å²) in [5.74, 6) is 0.659. The van der Waals surface area contributed by atoms with Crippen LogP contribution < -0.4 is 5.73 Å². The van der Waals surface area contributed by atoms with E-state index in [4.69, 9.17) is 14.9 Å². The van der Waals surface area contributed by atoms with Crippen LogP contribution in [0.15, 0.2) is 40.9 Å². The van der Waals surface area contributed by atoms with Gasteiger partial charge >= 0.3 is 5.97 Å². The average Bonchev–Trinajstić information content (AvgIpc) is 2.88. The Labute approximate surface area is 111 Å². The Morgan fingerprint density at radius 1 is 1.42 bits per heavy atom. The van der Waals surface area contributed by atoms with Crippen LogP contribution in [-0.2, 0) is 16.0 Å². The highest BCUT2D eigenvalue weighted by atomic mass is 16.5. The molecule has 5 nitrogen and oxygen atoms in total. The van der Waals surface area contributed by atoms with Crippen molar-refractivity contribution in [1.82, 2.24) is 4.98 Å². The van der Waals surface area contributed by atoms with Crippen molar-refractivity contribution in [2.24, 2.45) is 5.73 Å². The molecule has 0 fully saturated rings. The zero-order valence-corrected chi connectivity index (χ0v) is 10.7. The lowest BCUT2D eigenvalue weighted by Gasteiger charge is -2.07. The summed E-state index contributed by atoms with van der Waals surface area (Å²) >= 11 is 0. The lowest BCUT2D eigenvalue weighted by atomic mass is 10.2. The summed E-state index contributed by atoms with van der Waals surface area (Å²) in [5.41, 5.74) is 6.61. The Hall–Kier alpha value is -2.14. The van der Waals surface area contributed by atoms with E-state index in [0.717, 1.165) is 5.56 Å². The highest BCUT2D eigenvalue weighted by Crippen LogP contribution is 2.19. The smallest absolute Gasteiger partial charge is 0.323 e. The fourth-order valence-electron chi connectivity index (χ4n) is 1.67. The van der Waals surface area contributed by atoms with Gasteiger partial charge in [0.1, 0.15) is 11.8 Å². The average molecular weight is 260 g/mol. The normalized spacial score (nSPS) is 12.1. The molecule has 1 aromatic carbocycles. The Morgan fingerprint density at radius 3 is 2.84 bits per heavy atom. The van der Waals surface area contributed by atoms with Gasteiger partial charge in [-0.1, -0.05) is 18.2 Å². The summed E-state index contributed by atoms with van der Waals surface area (Å²) in [5, 5.41) is 0. The number of carbonyl (C=O) groups is 1. The van der Waals surface area contributed by atoms with Crippen LogP contribution in [0.4, 0.5) is 0 Å². The number of carbonyl (C=O) groups excluding carboxylic acids is 1. The molecule has 0 aliphatic rings. The number of hydrogen-bond acceptors (Lipinski definition) is 5. The number of hydrogen-bond donors (Lipinski definition) is 1. The van der Waals surface area contributed by atoms with E-state index < -0.39 is 12.0 Å². The first-order valence-electron chi connectivity index (χ1n) is 6.13. The van der Waals surface area contributed by atoms with Crippen LogP contribution in [0.3, 0.4) is 0 Å². The number of esters is 1. The molecule has 1 unspecified atom stereocenters. The molecule has 0 saturated carbocycles. The van der Waals surface area contributed by atoms with Gasteiger partial charge in [0.15, 0.2) is 0 Å². The molecular weight excluding hydrogens is 244 g/mol. The number of nitrogens with two attached hydrogens (primary N) is 1. The van der Waals surface area contributed by atoms with Gasteiger partial charge in [-0.2, -0.15) is 0 Å². The second-order valence-electron chi connectivity index (χ2n) is 4.06. The first-order valence-corrected chi connectivity index (χ1v) is 6.13. The predicted molar refractivity (Wildman–Crippen MR) is 70.3 cm³/mol. The highest BCUT2D eigenvalue weighted by molar-refractivity contribution is 5.75. The fraction of sp³-hybridized carbons (Fsp3) is 0.286. The maximum atomic E-state index is 11.4. The summed E-state index contributed by atoms with van der Waals surface area (Å²) in [7, 11) is 0. The lowest BCUT2D eigenvalue weighted by Crippen LogP contribution is -2.34. The minimum atomic E-state index is -0.725. The van der Waals surface area contributed by atoms with Crippen LogP contribution in [-0.4, -0.2) is 23.6 Å². The standard InChI is InChI=1S/C14H16N2O3/c1-2-18-14(17)12(15)8-11-9-16-13(19-11)10-6-4-3-5-7-10/h3-7,9,12H,2,8,15H2,1H3. The van der Waals surface area contributed by atoms with Crippen LogP contribution in [0.5, 0.6) is 0 Å². The van der Waals surface area contributed by atoms with Crippen molar-refractivity contribution >= 4 is 5.97 Å². The third-order valence-corrected chi connectivity index (χ3v) is 2.58. The van der Waals surface area contributed by atoms with Gasteiger partial charge in [0.05, 0.1) is 12.8 Å². The van der Waals surface area contributed by atoms with Crippen molar-refractivity contribution in [1.29, 1.82) is 0 Å². The summed E-state index contributed by atoms with van der Waals surface area (Å²) in [6.07, 6.45) is 1.86. The van der Waals surface area contributed by atoms with E-state index in [0.29, 0.717) is 18.3 Å². The van der Waals surface area contributed by atoms with Crippen molar-refractivity contribution in [3.63, 3.8) is 0 Å². The number of rotatable bonds is 5. The SMILES string of the molecule is CCOC(=O)C(N)Cc1cnc(-c2ccccc2)o1. The van der Waals surface area contributed by atoms with E-state index in [1.54, 1.807) is 13.1 Å². The van der Waals surface area contributed by atoms with Crippen LogP contribution in [0.2, 0.25) is 0 Å². The zero-order chi connectivity index (χ0) is 13.7. The topological polar surface area (TPSA) is 78.4 Å². The molecule has 0 saturated heterocycles. The summed E-state index contributed by atoms with van der Waals surface area (Å²) in [6, 6.07) is 8.82. The second kappa shape index (κ2) is 6.15. The molecular formula is C14H16N2O3. The van der Waals surface area contributed by atoms with E-state index in [2.05, 4.69) is 4.98 Å². The van der Waals surface area contributed by atoms with Gasteiger partial charge in [-0.25, -0.2) is 4.98 Å². The van der Waals surface area contributed by atoms with Gasteiger partial charge in [-0.15, -0.1) is 0 Å². The maximum absolute atomic E-state index is 11.4. The molecule has 0 aliphatic carbocycles. The molecule has 5 heteroatoms. The second-order valence-corrected chi connectivity index (χ2v) is 4.06. The van der Waals surface area contributed by atoms with E-state index in [9.17, 15) is 4.79 Å². The molecule has 2 aromatic rings. The van der Waals surface area contributed by atoms with Crippen molar-refractivity contribution in [3.8, 4) is 11.5 Å². The zero-order valence-electron chi connectivity index (χ0n) is 10.7. The Kier molecular flexibility index (Phi) is 4.30. The molecule has 19 heavy (non-hydrogen) atoms. The molecule has 2 N–H and O–H groups in total. The predicted octanol–water partition coefficient (Wildman–Crippen LogP) is 1.77. The van der Waals surface area contributed by atoms with E-state index in [1.165, 1.54) is 0 Å². The molecule has 1 aromatic heterocycles. The third kappa shape index (κ3) is 3.42. The number of nitrogens with zero attached hydrogens (tertiary/aromatic N) is 1. The quantitative estimate of drug-likeness (QED) is 0.829. The van der Waals surface area contributed by atoms with Crippen LogP contribution in [0.25, 0.3) is 11.5 Å². The Bertz CT molecular complexity index is 537. The van der Waals surface area contributed by atoms with E-state index >= 15 is 0 Å². The molecule has 0 bridgehead atoms. The molecule has 100 valence electrons. The van der Waals surface area contributed by atoms with Crippen molar-refractivity contribution in [3.05, 3.63) is 42.3 Å². The minimum Gasteiger partial charge on any atom is -0.465 e. The monoisotopic (exact) mass is 260 g/mol. The number of aromatic nitrogens is 1. The number of oxazole rings is 1. The van der Waals surface area contributed by atoms with Gasteiger partial charge in [0.25, 0.3) is 0 Å². The van der Waals surface area contributed by atoms with Crippen LogP contribution in [0.1, 0.15) is 12.7 Å². The number of benzene rings is 1. The molecule has 2 rings (SSSR count). The summed E-state index contributed by atoms with van der Waals surface area (Å²) in [4.78, 5) is 15.6. The fourth-order valence-corrected chi connectivity index (χ4v) is 1.67. The molecule has 0 aliphatic heterocycles. The van der Waals surface area contributed by atoms with Crippen molar-refractivity contribution in [2.45, 2.75) is 19.4 Å². The van der Waals surface area contributed by atoms with Crippen LogP contribution in [0, 0.1) is 0 Å². The largest absolute Gasteiger partial charge is 0.465 e. The minimum absolute atomic E-state index is 0.276. The van der Waals surface area contributed by atoms with E-state index in [-0.39, 0.29) is 6.42 Å². The summed E-state index contributed by atoms with van der Waals surface area (Å²) in [6.45, 7) is 2.06. The molecule has 0 spiro atoms. The lowest BCUT2D eigenvalue weighted by molar-refractivity contribution is -0.144. The summed E-state index contributed by atoms with van der Waals surface area (Å²) < 4.78 is 10.4.